The highest BCUT2D eigenvalue weighted by atomic mass is 79.9. The van der Waals surface area contributed by atoms with Gasteiger partial charge in [0.2, 0.25) is 0 Å². The summed E-state index contributed by atoms with van der Waals surface area (Å²) in [5, 5.41) is 6.38. The van der Waals surface area contributed by atoms with E-state index in [9.17, 15) is 0 Å². The van der Waals surface area contributed by atoms with E-state index in [1.165, 1.54) is 42.1 Å². The summed E-state index contributed by atoms with van der Waals surface area (Å²) in [6, 6.07) is 13.9. The van der Waals surface area contributed by atoms with Gasteiger partial charge in [-0.3, -0.25) is 0 Å². The van der Waals surface area contributed by atoms with E-state index in [0.717, 1.165) is 16.3 Å². The third-order valence-electron chi connectivity index (χ3n) is 4.89. The van der Waals surface area contributed by atoms with Crippen molar-refractivity contribution in [2.75, 3.05) is 5.32 Å². The first-order valence-corrected chi connectivity index (χ1v) is 8.03. The fourth-order valence-corrected chi connectivity index (χ4v) is 4.32. The van der Waals surface area contributed by atoms with Gasteiger partial charge >= 0.3 is 0 Å². The summed E-state index contributed by atoms with van der Waals surface area (Å²) in [7, 11) is 0. The van der Waals surface area contributed by atoms with Crippen LogP contribution < -0.4 is 5.32 Å². The third kappa shape index (κ3) is 2.16. The highest BCUT2D eigenvalue weighted by Crippen LogP contribution is 2.45. The van der Waals surface area contributed by atoms with Crippen molar-refractivity contribution < 1.29 is 0 Å². The molecule has 1 nitrogen and oxygen atoms in total. The second-order valence-corrected chi connectivity index (χ2v) is 7.05. The minimum Gasteiger partial charge on any atom is -0.382 e. The maximum atomic E-state index is 3.77. The number of nitrogens with one attached hydrogen (secondary N) is 1. The van der Waals surface area contributed by atoms with Crippen molar-refractivity contribution in [3.63, 3.8) is 0 Å². The Kier molecular flexibility index (Phi) is 2.80. The predicted molar refractivity (Wildman–Crippen MR) is 84.5 cm³/mol. The molecule has 3 unspecified atom stereocenters. The van der Waals surface area contributed by atoms with Gasteiger partial charge in [-0.15, -0.1) is 0 Å². The van der Waals surface area contributed by atoms with Crippen LogP contribution in [0, 0.1) is 11.8 Å². The Morgan fingerprint density at radius 1 is 0.947 bits per heavy atom. The van der Waals surface area contributed by atoms with Gasteiger partial charge in [0, 0.05) is 16.2 Å². The van der Waals surface area contributed by atoms with Gasteiger partial charge in [-0.05, 0) is 66.1 Å². The third-order valence-corrected chi connectivity index (χ3v) is 5.39. The SMILES string of the molecule is Brc1ccc2cc(NC3CC4CCC3C4)ccc2c1. The monoisotopic (exact) mass is 315 g/mol. The number of rotatable bonds is 2. The highest BCUT2D eigenvalue weighted by molar-refractivity contribution is 9.10. The first kappa shape index (κ1) is 11.8. The Bertz CT molecular complexity index is 622. The van der Waals surface area contributed by atoms with Gasteiger partial charge in [0.1, 0.15) is 0 Å². The zero-order chi connectivity index (χ0) is 12.8. The molecule has 2 aromatic carbocycles. The Morgan fingerprint density at radius 2 is 1.79 bits per heavy atom. The molecule has 3 atom stereocenters. The molecular weight excluding hydrogens is 298 g/mol. The summed E-state index contributed by atoms with van der Waals surface area (Å²) >= 11 is 3.53. The lowest BCUT2D eigenvalue weighted by molar-refractivity contribution is 0.440. The molecule has 4 rings (SSSR count). The number of hydrogen-bond acceptors (Lipinski definition) is 1. The molecule has 2 bridgehead atoms. The zero-order valence-corrected chi connectivity index (χ0v) is 12.5. The molecule has 0 aromatic heterocycles. The largest absolute Gasteiger partial charge is 0.382 e. The number of anilines is 1. The molecule has 2 aliphatic rings. The molecule has 1 N–H and O–H groups in total. The molecule has 0 radical (unpaired) electrons. The lowest BCUT2D eigenvalue weighted by atomic mass is 9.95. The fraction of sp³-hybridized carbons (Fsp3) is 0.412. The summed E-state index contributed by atoms with van der Waals surface area (Å²) in [6.07, 6.45) is 5.73. The van der Waals surface area contributed by atoms with Crippen molar-refractivity contribution in [3.8, 4) is 0 Å². The van der Waals surface area contributed by atoms with E-state index in [0.29, 0.717) is 6.04 Å². The molecule has 98 valence electrons. The molecule has 0 amide bonds. The van der Waals surface area contributed by atoms with E-state index in [2.05, 4.69) is 57.6 Å². The van der Waals surface area contributed by atoms with Gasteiger partial charge in [0.15, 0.2) is 0 Å². The van der Waals surface area contributed by atoms with Gasteiger partial charge in [0.05, 0.1) is 0 Å². The Labute approximate surface area is 122 Å². The summed E-state index contributed by atoms with van der Waals surface area (Å²) < 4.78 is 1.15. The Balaban J connectivity index is 1.60. The fourth-order valence-electron chi connectivity index (χ4n) is 3.94. The molecule has 2 fully saturated rings. The zero-order valence-electron chi connectivity index (χ0n) is 10.9. The quantitative estimate of drug-likeness (QED) is 0.802. The molecule has 2 saturated carbocycles. The number of halogens is 1. The molecule has 0 heterocycles. The van der Waals surface area contributed by atoms with Crippen molar-refractivity contribution in [2.24, 2.45) is 11.8 Å². The molecular formula is C17H18BrN. The molecule has 0 saturated heterocycles. The highest BCUT2D eigenvalue weighted by Gasteiger charge is 2.39. The lowest BCUT2D eigenvalue weighted by Gasteiger charge is -2.24. The second kappa shape index (κ2) is 4.52. The Morgan fingerprint density at radius 3 is 2.58 bits per heavy atom. The van der Waals surface area contributed by atoms with Crippen molar-refractivity contribution in [2.45, 2.75) is 31.7 Å². The van der Waals surface area contributed by atoms with Gasteiger partial charge in [-0.2, -0.15) is 0 Å². The van der Waals surface area contributed by atoms with Crippen molar-refractivity contribution in [1.82, 2.24) is 0 Å². The van der Waals surface area contributed by atoms with Crippen LogP contribution in [0.15, 0.2) is 40.9 Å². The van der Waals surface area contributed by atoms with Crippen LogP contribution in [0.4, 0.5) is 5.69 Å². The van der Waals surface area contributed by atoms with E-state index in [1.807, 2.05) is 0 Å². The maximum Gasteiger partial charge on any atom is 0.0348 e. The van der Waals surface area contributed by atoms with E-state index in [4.69, 9.17) is 0 Å². The van der Waals surface area contributed by atoms with Gasteiger partial charge < -0.3 is 5.32 Å². The number of benzene rings is 2. The molecule has 19 heavy (non-hydrogen) atoms. The second-order valence-electron chi connectivity index (χ2n) is 6.13. The maximum absolute atomic E-state index is 3.77. The van der Waals surface area contributed by atoms with Crippen molar-refractivity contribution >= 4 is 32.4 Å². The summed E-state index contributed by atoms with van der Waals surface area (Å²) in [5.41, 5.74) is 1.28. The van der Waals surface area contributed by atoms with Gasteiger partial charge in [0.25, 0.3) is 0 Å². The van der Waals surface area contributed by atoms with Crippen LogP contribution in [-0.2, 0) is 0 Å². The van der Waals surface area contributed by atoms with E-state index < -0.39 is 0 Å². The molecule has 2 aromatic rings. The first-order valence-electron chi connectivity index (χ1n) is 7.24. The minimum atomic E-state index is 0.714. The predicted octanol–water partition coefficient (Wildman–Crippen LogP) is 5.20. The summed E-state index contributed by atoms with van der Waals surface area (Å²) in [4.78, 5) is 0. The molecule has 2 aliphatic carbocycles. The van der Waals surface area contributed by atoms with Crippen molar-refractivity contribution in [1.29, 1.82) is 0 Å². The minimum absolute atomic E-state index is 0.714. The van der Waals surface area contributed by atoms with Gasteiger partial charge in [-0.1, -0.05) is 34.5 Å². The Hall–Kier alpha value is -1.02. The summed E-state index contributed by atoms with van der Waals surface area (Å²) in [5.74, 6) is 1.92. The number of hydrogen-bond donors (Lipinski definition) is 1. The van der Waals surface area contributed by atoms with Crippen LogP contribution in [0.25, 0.3) is 10.8 Å². The van der Waals surface area contributed by atoms with Gasteiger partial charge in [-0.25, -0.2) is 0 Å². The normalized spacial score (nSPS) is 29.0. The number of fused-ring (bicyclic) bond motifs is 3. The first-order chi connectivity index (χ1) is 9.28. The van der Waals surface area contributed by atoms with Crippen molar-refractivity contribution in [3.05, 3.63) is 40.9 Å². The topological polar surface area (TPSA) is 12.0 Å². The van der Waals surface area contributed by atoms with Crippen LogP contribution >= 0.6 is 15.9 Å². The lowest BCUT2D eigenvalue weighted by Crippen LogP contribution is -2.25. The molecule has 0 spiro atoms. The van der Waals surface area contributed by atoms with Crippen LogP contribution in [0.2, 0.25) is 0 Å². The van der Waals surface area contributed by atoms with Crippen LogP contribution in [0.3, 0.4) is 0 Å². The van der Waals surface area contributed by atoms with Crippen LogP contribution in [0.1, 0.15) is 25.7 Å². The van der Waals surface area contributed by atoms with Crippen LogP contribution in [-0.4, -0.2) is 6.04 Å². The van der Waals surface area contributed by atoms with E-state index in [-0.39, 0.29) is 0 Å². The average Bonchev–Trinajstić information content (AvgIpc) is 3.01. The van der Waals surface area contributed by atoms with E-state index >= 15 is 0 Å². The standard InChI is InChI=1S/C17H18BrN/c18-15-5-3-13-10-16(6-4-12(13)9-15)19-17-8-11-1-2-14(17)7-11/h3-6,9-11,14,17,19H,1-2,7-8H2. The summed E-state index contributed by atoms with van der Waals surface area (Å²) in [6.45, 7) is 0. The average molecular weight is 316 g/mol. The molecule has 2 heteroatoms. The van der Waals surface area contributed by atoms with Crippen LogP contribution in [0.5, 0.6) is 0 Å². The molecule has 0 aliphatic heterocycles. The van der Waals surface area contributed by atoms with E-state index in [1.54, 1.807) is 0 Å². The smallest absolute Gasteiger partial charge is 0.0348 e.